The first-order valence-corrected chi connectivity index (χ1v) is 9.68. The number of hydrogen-bond donors (Lipinski definition) is 0. The molecule has 1 saturated heterocycles. The molecule has 1 aliphatic rings. The van der Waals surface area contributed by atoms with Crippen LogP contribution >= 0.6 is 0 Å². The second-order valence-corrected chi connectivity index (χ2v) is 7.26. The summed E-state index contributed by atoms with van der Waals surface area (Å²) in [5.41, 5.74) is 1.47. The molecule has 28 heavy (non-hydrogen) atoms. The molecule has 2 aromatic carbocycles. The van der Waals surface area contributed by atoms with E-state index in [4.69, 9.17) is 4.74 Å². The van der Waals surface area contributed by atoms with Crippen molar-refractivity contribution < 1.29 is 17.9 Å². The Morgan fingerprint density at radius 1 is 0.964 bits per heavy atom. The summed E-state index contributed by atoms with van der Waals surface area (Å²) >= 11 is 0. The average Bonchev–Trinajstić information content (AvgIpc) is 2.69. The van der Waals surface area contributed by atoms with Gasteiger partial charge in [-0.3, -0.25) is 4.90 Å². The van der Waals surface area contributed by atoms with E-state index in [2.05, 4.69) is 29.2 Å². The van der Waals surface area contributed by atoms with Crippen molar-refractivity contribution in [3.63, 3.8) is 0 Å². The Balaban J connectivity index is 1.32. The molecular weight excluding hydrogens is 363 g/mol. The molecule has 0 atom stereocenters. The number of nitrogens with zero attached hydrogens (tertiary/aromatic N) is 1. The van der Waals surface area contributed by atoms with Crippen LogP contribution in [-0.2, 0) is 17.5 Å². The molecule has 1 fully saturated rings. The third-order valence-corrected chi connectivity index (χ3v) is 5.07. The summed E-state index contributed by atoms with van der Waals surface area (Å²) in [7, 11) is 0. The summed E-state index contributed by atoms with van der Waals surface area (Å²) in [6.07, 6.45) is 1.63. The number of ether oxygens (including phenoxy) is 1. The van der Waals surface area contributed by atoms with Crippen LogP contribution in [-0.4, -0.2) is 31.2 Å². The van der Waals surface area contributed by atoms with Crippen LogP contribution in [0.5, 0.6) is 0 Å². The van der Waals surface area contributed by atoms with E-state index >= 15 is 0 Å². The maximum Gasteiger partial charge on any atom is 0.416 e. The van der Waals surface area contributed by atoms with Crippen LogP contribution in [0.1, 0.15) is 29.5 Å². The summed E-state index contributed by atoms with van der Waals surface area (Å²) in [4.78, 5) is 2.48. The van der Waals surface area contributed by atoms with E-state index in [-0.39, 0.29) is 0 Å². The number of likely N-dealkylation sites (tertiary alicyclic amines) is 1. The zero-order valence-electron chi connectivity index (χ0n) is 15.9. The molecule has 0 N–H and O–H groups in total. The number of benzene rings is 2. The second kappa shape index (κ2) is 9.89. The van der Waals surface area contributed by atoms with Gasteiger partial charge in [0.25, 0.3) is 0 Å². The van der Waals surface area contributed by atoms with Crippen molar-refractivity contribution in [2.45, 2.75) is 25.6 Å². The summed E-state index contributed by atoms with van der Waals surface area (Å²) in [6, 6.07) is 15.7. The molecule has 1 aliphatic heterocycles. The molecule has 0 bridgehead atoms. The fraction of sp³-hybridized carbons (Fsp3) is 0.391. The molecule has 0 aromatic heterocycles. The Labute approximate surface area is 164 Å². The normalized spacial score (nSPS) is 16.7. The maximum absolute atomic E-state index is 12.5. The minimum absolute atomic E-state index is 0.477. The van der Waals surface area contributed by atoms with Crippen LogP contribution in [0.15, 0.2) is 60.7 Å². The quantitative estimate of drug-likeness (QED) is 0.568. The van der Waals surface area contributed by atoms with Gasteiger partial charge in [-0.2, -0.15) is 13.2 Å². The first kappa shape index (κ1) is 20.6. The van der Waals surface area contributed by atoms with Gasteiger partial charge in [-0.15, -0.1) is 0 Å². The smallest absolute Gasteiger partial charge is 0.377 e. The molecule has 0 spiro atoms. The maximum atomic E-state index is 12.5. The average molecular weight is 389 g/mol. The van der Waals surface area contributed by atoms with Gasteiger partial charge in [0.1, 0.15) is 0 Å². The van der Waals surface area contributed by atoms with Crippen LogP contribution in [0.3, 0.4) is 0 Å². The minimum atomic E-state index is -4.29. The lowest BCUT2D eigenvalue weighted by atomic mass is 9.97. The van der Waals surface area contributed by atoms with E-state index in [1.807, 2.05) is 12.1 Å². The lowest BCUT2D eigenvalue weighted by molar-refractivity contribution is -0.137. The first-order valence-electron chi connectivity index (χ1n) is 9.68. The molecule has 0 unspecified atom stereocenters. The number of alkyl halides is 3. The third kappa shape index (κ3) is 6.50. The van der Waals surface area contributed by atoms with E-state index in [9.17, 15) is 13.2 Å². The second-order valence-electron chi connectivity index (χ2n) is 7.26. The molecule has 5 heteroatoms. The summed E-state index contributed by atoms with van der Waals surface area (Å²) in [5, 5.41) is 0. The fourth-order valence-corrected chi connectivity index (χ4v) is 3.42. The largest absolute Gasteiger partial charge is 0.416 e. The monoisotopic (exact) mass is 389 g/mol. The van der Waals surface area contributed by atoms with E-state index in [1.165, 1.54) is 17.7 Å². The highest BCUT2D eigenvalue weighted by molar-refractivity contribution is 5.49. The number of hydrogen-bond acceptors (Lipinski definition) is 2. The predicted molar refractivity (Wildman–Crippen MR) is 106 cm³/mol. The van der Waals surface area contributed by atoms with Crippen LogP contribution in [0, 0.1) is 5.92 Å². The van der Waals surface area contributed by atoms with E-state index in [1.54, 1.807) is 6.08 Å². The summed E-state index contributed by atoms with van der Waals surface area (Å²) in [6.45, 7) is 4.39. The molecule has 150 valence electrons. The molecule has 0 amide bonds. The van der Waals surface area contributed by atoms with Crippen molar-refractivity contribution >= 4 is 6.08 Å². The van der Waals surface area contributed by atoms with Crippen molar-refractivity contribution in [1.29, 1.82) is 0 Å². The van der Waals surface area contributed by atoms with Crippen molar-refractivity contribution in [2.24, 2.45) is 5.92 Å². The third-order valence-electron chi connectivity index (χ3n) is 5.07. The Bertz CT molecular complexity index is 733. The molecule has 0 radical (unpaired) electrons. The van der Waals surface area contributed by atoms with Crippen molar-refractivity contribution in [2.75, 3.05) is 26.3 Å². The van der Waals surface area contributed by atoms with Gasteiger partial charge < -0.3 is 4.74 Å². The Morgan fingerprint density at radius 3 is 2.29 bits per heavy atom. The van der Waals surface area contributed by atoms with Crippen LogP contribution in [0.2, 0.25) is 0 Å². The van der Waals surface area contributed by atoms with Crippen molar-refractivity contribution in [3.05, 3.63) is 77.4 Å². The summed E-state index contributed by atoms with van der Waals surface area (Å²) < 4.78 is 43.4. The highest BCUT2D eigenvalue weighted by Crippen LogP contribution is 2.29. The van der Waals surface area contributed by atoms with Crippen LogP contribution < -0.4 is 0 Å². The van der Waals surface area contributed by atoms with Gasteiger partial charge in [-0.05, 0) is 55.1 Å². The first-order chi connectivity index (χ1) is 13.5. The Morgan fingerprint density at radius 2 is 1.64 bits per heavy atom. The molecule has 0 saturated carbocycles. The van der Waals surface area contributed by atoms with Gasteiger partial charge in [0.05, 0.1) is 12.2 Å². The topological polar surface area (TPSA) is 12.5 Å². The molecular formula is C23H26F3NO. The van der Waals surface area contributed by atoms with Gasteiger partial charge >= 0.3 is 6.18 Å². The van der Waals surface area contributed by atoms with Crippen molar-refractivity contribution in [3.8, 4) is 0 Å². The molecule has 3 rings (SSSR count). The molecule has 0 aliphatic carbocycles. The zero-order chi connectivity index (χ0) is 19.8. The molecule has 2 aromatic rings. The lowest BCUT2D eigenvalue weighted by Crippen LogP contribution is -2.34. The zero-order valence-corrected chi connectivity index (χ0v) is 15.9. The summed E-state index contributed by atoms with van der Waals surface area (Å²) in [5.74, 6) is 0.575. The number of rotatable bonds is 7. The fourth-order valence-electron chi connectivity index (χ4n) is 3.42. The SMILES string of the molecule is FC(F)(F)c1ccc(/C=C/COCC2CCN(Cc3ccccc3)CC2)cc1. The minimum Gasteiger partial charge on any atom is -0.377 e. The Hall–Kier alpha value is -2.11. The lowest BCUT2D eigenvalue weighted by Gasteiger charge is -2.31. The van der Waals surface area contributed by atoms with Gasteiger partial charge in [0.2, 0.25) is 0 Å². The predicted octanol–water partition coefficient (Wildman–Crippen LogP) is 5.65. The van der Waals surface area contributed by atoms with Crippen LogP contribution in [0.25, 0.3) is 6.08 Å². The Kier molecular flexibility index (Phi) is 7.29. The van der Waals surface area contributed by atoms with Gasteiger partial charge in [-0.25, -0.2) is 0 Å². The van der Waals surface area contributed by atoms with Gasteiger partial charge in [0, 0.05) is 13.2 Å². The molecule has 1 heterocycles. The van der Waals surface area contributed by atoms with E-state index in [0.717, 1.165) is 56.8 Å². The highest BCUT2D eigenvalue weighted by Gasteiger charge is 2.29. The van der Waals surface area contributed by atoms with E-state index < -0.39 is 11.7 Å². The van der Waals surface area contributed by atoms with Gasteiger partial charge in [0.15, 0.2) is 0 Å². The van der Waals surface area contributed by atoms with E-state index in [0.29, 0.717) is 12.5 Å². The molecule has 2 nitrogen and oxygen atoms in total. The number of piperidine rings is 1. The highest BCUT2D eigenvalue weighted by atomic mass is 19.4. The van der Waals surface area contributed by atoms with Crippen molar-refractivity contribution in [1.82, 2.24) is 4.90 Å². The standard InChI is InChI=1S/C23H26F3NO/c24-23(25,26)22-10-8-19(9-11-22)7-4-16-28-18-21-12-14-27(15-13-21)17-20-5-2-1-3-6-20/h1-11,21H,12-18H2/b7-4+. The van der Waals surface area contributed by atoms with Crippen LogP contribution in [0.4, 0.5) is 13.2 Å². The number of halogens is 3. The van der Waals surface area contributed by atoms with Gasteiger partial charge in [-0.1, -0.05) is 54.6 Å².